The van der Waals surface area contributed by atoms with Crippen molar-refractivity contribution in [1.82, 2.24) is 0 Å². The Morgan fingerprint density at radius 1 is 1.06 bits per heavy atom. The van der Waals surface area contributed by atoms with Crippen molar-refractivity contribution in [2.75, 3.05) is 0 Å². The lowest BCUT2D eigenvalue weighted by molar-refractivity contribution is -0.419. The Hall–Kier alpha value is -2.70. The van der Waals surface area contributed by atoms with Crippen molar-refractivity contribution < 1.29 is 24.7 Å². The number of rotatable bonds is 4. The largest absolute Gasteiger partial charge is 0.477 e. The molecule has 1 aromatic rings. The summed E-state index contributed by atoms with van der Waals surface area (Å²) in [4.78, 5) is 31.0. The fraction of sp³-hybridized carbons (Fsp3) is 0. The van der Waals surface area contributed by atoms with E-state index in [-0.39, 0.29) is 5.56 Å². The zero-order valence-corrected chi connectivity index (χ0v) is 8.36. The van der Waals surface area contributed by atoms with Gasteiger partial charge in [-0.05, 0) is 5.56 Å². The highest BCUT2D eigenvalue weighted by atomic mass is 16.6. The van der Waals surface area contributed by atoms with E-state index < -0.39 is 28.1 Å². The maximum absolute atomic E-state index is 10.9. The summed E-state index contributed by atoms with van der Waals surface area (Å²) >= 11 is 0. The fourth-order valence-corrected chi connectivity index (χ4v) is 1.24. The van der Waals surface area contributed by atoms with Gasteiger partial charge in [0.1, 0.15) is 0 Å². The molecule has 0 unspecified atom stereocenters. The van der Waals surface area contributed by atoms with E-state index in [4.69, 9.17) is 10.2 Å². The summed E-state index contributed by atoms with van der Waals surface area (Å²) < 4.78 is 0. The molecule has 0 atom stereocenters. The molecule has 7 heteroatoms. The van der Waals surface area contributed by atoms with Gasteiger partial charge in [-0.1, -0.05) is 30.3 Å². The molecule has 1 aromatic carbocycles. The number of nitro groups is 1. The van der Waals surface area contributed by atoms with Crippen LogP contribution in [0.3, 0.4) is 0 Å². The number of aliphatic carboxylic acids is 2. The quantitative estimate of drug-likeness (QED) is 0.455. The second-order valence-corrected chi connectivity index (χ2v) is 2.96. The molecule has 0 aromatic heterocycles. The van der Waals surface area contributed by atoms with E-state index in [1.165, 1.54) is 24.3 Å². The average molecular weight is 237 g/mol. The lowest BCUT2D eigenvalue weighted by Gasteiger charge is -2.02. The number of nitrogens with zero attached hydrogens (tertiary/aromatic N) is 1. The molecule has 0 aliphatic heterocycles. The molecule has 7 nitrogen and oxygen atoms in total. The second kappa shape index (κ2) is 4.88. The fourth-order valence-electron chi connectivity index (χ4n) is 1.24. The molecule has 0 amide bonds. The van der Waals surface area contributed by atoms with Gasteiger partial charge in [0, 0.05) is 0 Å². The van der Waals surface area contributed by atoms with Crippen LogP contribution in [0.4, 0.5) is 0 Å². The van der Waals surface area contributed by atoms with Gasteiger partial charge in [-0.3, -0.25) is 10.1 Å². The van der Waals surface area contributed by atoms with E-state index in [1.807, 2.05) is 0 Å². The summed E-state index contributed by atoms with van der Waals surface area (Å²) in [6, 6.07) is 7.07. The van der Waals surface area contributed by atoms with Crippen LogP contribution in [0.2, 0.25) is 0 Å². The zero-order valence-electron chi connectivity index (χ0n) is 8.36. The number of carboxylic acids is 2. The third-order valence-corrected chi connectivity index (χ3v) is 1.90. The summed E-state index contributed by atoms with van der Waals surface area (Å²) in [6.07, 6.45) is 0. The second-order valence-electron chi connectivity index (χ2n) is 2.96. The van der Waals surface area contributed by atoms with E-state index in [0.29, 0.717) is 0 Å². The van der Waals surface area contributed by atoms with Gasteiger partial charge in [-0.15, -0.1) is 0 Å². The maximum Gasteiger partial charge on any atom is 0.408 e. The lowest BCUT2D eigenvalue weighted by atomic mass is 10.0. The Kier molecular flexibility index (Phi) is 3.55. The highest BCUT2D eigenvalue weighted by Gasteiger charge is 2.32. The molecule has 0 aliphatic carbocycles. The first-order chi connectivity index (χ1) is 7.95. The Morgan fingerprint density at radius 2 is 1.59 bits per heavy atom. The third-order valence-electron chi connectivity index (χ3n) is 1.90. The lowest BCUT2D eigenvalue weighted by Crippen LogP contribution is -2.17. The summed E-state index contributed by atoms with van der Waals surface area (Å²) in [6.45, 7) is 0. The molecule has 17 heavy (non-hydrogen) atoms. The molecule has 1 rings (SSSR count). The van der Waals surface area contributed by atoms with E-state index in [0.717, 1.165) is 0 Å². The van der Waals surface area contributed by atoms with Crippen LogP contribution in [0, 0.1) is 10.1 Å². The molecule has 2 N–H and O–H groups in total. The van der Waals surface area contributed by atoms with Gasteiger partial charge in [0.15, 0.2) is 5.57 Å². The summed E-state index contributed by atoms with van der Waals surface area (Å²) in [7, 11) is 0. The summed E-state index contributed by atoms with van der Waals surface area (Å²) in [5.74, 6) is -3.55. The van der Waals surface area contributed by atoms with Crippen LogP contribution >= 0.6 is 0 Å². The Morgan fingerprint density at radius 3 is 1.94 bits per heavy atom. The molecule has 0 heterocycles. The minimum absolute atomic E-state index is 0.0332. The van der Waals surface area contributed by atoms with Crippen LogP contribution in [0.15, 0.2) is 36.0 Å². The number of hydrogen-bond donors (Lipinski definition) is 2. The van der Waals surface area contributed by atoms with E-state index in [9.17, 15) is 19.7 Å². The van der Waals surface area contributed by atoms with Gasteiger partial charge in [0.05, 0.1) is 4.92 Å². The first-order valence-corrected chi connectivity index (χ1v) is 4.35. The van der Waals surface area contributed by atoms with Crippen LogP contribution in [0.1, 0.15) is 5.56 Å². The average Bonchev–Trinajstić information content (AvgIpc) is 2.25. The number of benzene rings is 1. The van der Waals surface area contributed by atoms with Gasteiger partial charge >= 0.3 is 17.6 Å². The van der Waals surface area contributed by atoms with Crippen molar-refractivity contribution in [3.63, 3.8) is 0 Å². The predicted molar refractivity (Wildman–Crippen MR) is 55.6 cm³/mol. The number of carboxylic acid groups (broad SMARTS) is 2. The van der Waals surface area contributed by atoms with Crippen LogP contribution in [-0.4, -0.2) is 27.1 Å². The molecule has 0 spiro atoms. The van der Waals surface area contributed by atoms with Gasteiger partial charge in [-0.2, -0.15) is 0 Å². The Bertz CT molecular complexity index is 489. The molecule has 0 saturated carbocycles. The van der Waals surface area contributed by atoms with Crippen molar-refractivity contribution in [2.24, 2.45) is 0 Å². The van der Waals surface area contributed by atoms with E-state index >= 15 is 0 Å². The van der Waals surface area contributed by atoms with Crippen molar-refractivity contribution >= 4 is 17.5 Å². The molecule has 0 aliphatic rings. The standard InChI is InChI=1S/C10H7NO6/c12-9(13)7(6-4-2-1-3-5-6)8(10(14)15)11(16)17/h1-5H,(H,12,13)(H,14,15)/b8-7-. The minimum Gasteiger partial charge on any atom is -0.477 e. The van der Waals surface area contributed by atoms with Crippen molar-refractivity contribution in [3.05, 3.63) is 51.7 Å². The molecular weight excluding hydrogens is 230 g/mol. The van der Waals surface area contributed by atoms with Gasteiger partial charge in [-0.25, -0.2) is 9.59 Å². The van der Waals surface area contributed by atoms with Crippen molar-refractivity contribution in [2.45, 2.75) is 0 Å². The first kappa shape index (κ1) is 12.4. The van der Waals surface area contributed by atoms with Crippen LogP contribution < -0.4 is 0 Å². The topological polar surface area (TPSA) is 118 Å². The Labute approximate surface area is 94.8 Å². The van der Waals surface area contributed by atoms with Gasteiger partial charge < -0.3 is 10.2 Å². The van der Waals surface area contributed by atoms with Gasteiger partial charge in [0.2, 0.25) is 0 Å². The molecule has 0 fully saturated rings. The summed E-state index contributed by atoms with van der Waals surface area (Å²) in [5, 5.41) is 28.1. The molecule has 0 bridgehead atoms. The monoisotopic (exact) mass is 237 g/mol. The minimum atomic E-state index is -1.89. The zero-order chi connectivity index (χ0) is 13.0. The third kappa shape index (κ3) is 2.65. The smallest absolute Gasteiger partial charge is 0.408 e. The highest BCUT2D eigenvalue weighted by molar-refractivity contribution is 6.20. The first-order valence-electron chi connectivity index (χ1n) is 4.35. The molecule has 0 saturated heterocycles. The molecule has 88 valence electrons. The van der Waals surface area contributed by atoms with Crippen LogP contribution in [0.5, 0.6) is 0 Å². The van der Waals surface area contributed by atoms with Crippen molar-refractivity contribution in [1.29, 1.82) is 0 Å². The summed E-state index contributed by atoms with van der Waals surface area (Å²) in [5.41, 5.74) is -2.24. The van der Waals surface area contributed by atoms with Crippen molar-refractivity contribution in [3.8, 4) is 0 Å². The van der Waals surface area contributed by atoms with Crippen LogP contribution in [-0.2, 0) is 9.59 Å². The number of carbonyl (C=O) groups is 2. The highest BCUT2D eigenvalue weighted by Crippen LogP contribution is 2.19. The molecule has 0 radical (unpaired) electrons. The van der Waals surface area contributed by atoms with Gasteiger partial charge in [0.25, 0.3) is 0 Å². The SMILES string of the molecule is O=C(O)/C(=C(/C(=O)O)[N+](=O)[O-])c1ccccc1. The number of hydrogen-bond acceptors (Lipinski definition) is 4. The van der Waals surface area contributed by atoms with E-state index in [2.05, 4.69) is 0 Å². The van der Waals surface area contributed by atoms with Crippen LogP contribution in [0.25, 0.3) is 5.57 Å². The van der Waals surface area contributed by atoms with E-state index in [1.54, 1.807) is 6.07 Å². The predicted octanol–water partition coefficient (Wildman–Crippen LogP) is 0.844. The Balaban J connectivity index is 3.55. The normalized spacial score (nSPS) is 11.5. The maximum atomic E-state index is 10.9. The molecular formula is C10H7NO6.